The van der Waals surface area contributed by atoms with Crippen molar-refractivity contribution in [1.29, 1.82) is 0 Å². The van der Waals surface area contributed by atoms with Crippen molar-refractivity contribution in [2.75, 3.05) is 40.7 Å². The van der Waals surface area contributed by atoms with E-state index in [1.807, 2.05) is 19.1 Å². The Bertz CT molecular complexity index is 692. The molecule has 3 atom stereocenters. The molecule has 0 radical (unpaired) electrons. The van der Waals surface area contributed by atoms with Gasteiger partial charge in [-0.3, -0.25) is 9.20 Å². The molecule has 2 N–H and O–H groups in total. The number of ether oxygens (including phenoxy) is 3. The molecule has 3 unspecified atom stereocenters. The summed E-state index contributed by atoms with van der Waals surface area (Å²) in [5.74, 6) is 3.68. The van der Waals surface area contributed by atoms with E-state index >= 15 is 0 Å². The predicted octanol–water partition coefficient (Wildman–Crippen LogP) is 3.12. The first-order valence-corrected chi connectivity index (χ1v) is 11.6. The fraction of sp³-hybridized carbons (Fsp3) is 0.667. The SMILES string of the molecule is CCS(=O)C1CCCC(NC(=NC)NCCc2c(OC)cc(OC)cc2OC)C1.I. The topological polar surface area (TPSA) is 81.2 Å². The predicted molar refractivity (Wildman–Crippen MR) is 134 cm³/mol. The molecule has 172 valence electrons. The Balaban J connectivity index is 0.00000450. The average Bonchev–Trinajstić information content (AvgIpc) is 2.77. The number of benzene rings is 1. The third kappa shape index (κ3) is 7.47. The minimum Gasteiger partial charge on any atom is -0.496 e. The first-order chi connectivity index (χ1) is 14.1. The lowest BCUT2D eigenvalue weighted by molar-refractivity contribution is 0.368. The summed E-state index contributed by atoms with van der Waals surface area (Å²) in [6.45, 7) is 2.67. The normalized spacial score (nSPS) is 20.0. The first-order valence-electron chi connectivity index (χ1n) is 10.2. The molecular formula is C21H36IN3O4S. The number of methoxy groups -OCH3 is 3. The zero-order chi connectivity index (χ0) is 21.2. The number of nitrogens with one attached hydrogen (secondary N) is 2. The number of guanidine groups is 1. The van der Waals surface area contributed by atoms with E-state index in [0.717, 1.165) is 54.5 Å². The summed E-state index contributed by atoms with van der Waals surface area (Å²) in [5.41, 5.74) is 0.981. The Kier molecular flexibility index (Phi) is 12.5. The van der Waals surface area contributed by atoms with Gasteiger partial charge in [-0.05, 0) is 25.7 Å². The fourth-order valence-corrected chi connectivity index (χ4v) is 5.12. The zero-order valence-electron chi connectivity index (χ0n) is 18.7. The van der Waals surface area contributed by atoms with E-state index in [4.69, 9.17) is 14.2 Å². The molecule has 0 aromatic heterocycles. The number of nitrogens with zero attached hydrogens (tertiary/aromatic N) is 1. The van der Waals surface area contributed by atoms with Gasteiger partial charge in [0.25, 0.3) is 0 Å². The summed E-state index contributed by atoms with van der Waals surface area (Å²) in [6, 6.07) is 4.03. The van der Waals surface area contributed by atoms with Gasteiger partial charge in [-0.25, -0.2) is 0 Å². The van der Waals surface area contributed by atoms with E-state index in [-0.39, 0.29) is 29.2 Å². The van der Waals surface area contributed by atoms with Gasteiger partial charge in [0.15, 0.2) is 5.96 Å². The lowest BCUT2D eigenvalue weighted by atomic mass is 9.95. The molecule has 0 aliphatic heterocycles. The summed E-state index contributed by atoms with van der Waals surface area (Å²) < 4.78 is 28.5. The van der Waals surface area contributed by atoms with Gasteiger partial charge in [-0.1, -0.05) is 13.3 Å². The number of halogens is 1. The van der Waals surface area contributed by atoms with E-state index in [9.17, 15) is 4.21 Å². The van der Waals surface area contributed by atoms with Crippen LogP contribution in [0.15, 0.2) is 17.1 Å². The van der Waals surface area contributed by atoms with Crippen LogP contribution in [0.3, 0.4) is 0 Å². The molecule has 0 amide bonds. The average molecular weight is 554 g/mol. The van der Waals surface area contributed by atoms with Crippen LogP contribution in [0.5, 0.6) is 17.2 Å². The van der Waals surface area contributed by atoms with Crippen molar-refractivity contribution in [3.63, 3.8) is 0 Å². The fourth-order valence-electron chi connectivity index (χ4n) is 3.77. The zero-order valence-corrected chi connectivity index (χ0v) is 21.8. The van der Waals surface area contributed by atoms with E-state index in [1.165, 1.54) is 0 Å². The Morgan fingerprint density at radius 3 is 2.37 bits per heavy atom. The Morgan fingerprint density at radius 2 is 1.83 bits per heavy atom. The van der Waals surface area contributed by atoms with Crippen LogP contribution < -0.4 is 24.8 Å². The summed E-state index contributed by atoms with van der Waals surface area (Å²) in [4.78, 5) is 4.35. The highest BCUT2D eigenvalue weighted by atomic mass is 127. The van der Waals surface area contributed by atoms with Crippen LogP contribution in [0.1, 0.15) is 38.2 Å². The van der Waals surface area contributed by atoms with Crippen molar-refractivity contribution >= 4 is 40.7 Å². The van der Waals surface area contributed by atoms with Gasteiger partial charge in [0, 0.05) is 59.1 Å². The van der Waals surface area contributed by atoms with Gasteiger partial charge in [0.1, 0.15) is 17.2 Å². The molecular weight excluding hydrogens is 517 g/mol. The molecule has 1 aliphatic rings. The number of rotatable bonds is 9. The molecule has 1 aliphatic carbocycles. The Hall–Kier alpha value is -1.23. The lowest BCUT2D eigenvalue weighted by Gasteiger charge is -2.30. The van der Waals surface area contributed by atoms with Crippen molar-refractivity contribution in [3.8, 4) is 17.2 Å². The van der Waals surface area contributed by atoms with Crippen LogP contribution in [0.25, 0.3) is 0 Å². The van der Waals surface area contributed by atoms with Gasteiger partial charge in [-0.15, -0.1) is 24.0 Å². The maximum atomic E-state index is 12.2. The van der Waals surface area contributed by atoms with Gasteiger partial charge >= 0.3 is 0 Å². The maximum Gasteiger partial charge on any atom is 0.191 e. The smallest absolute Gasteiger partial charge is 0.191 e. The third-order valence-electron chi connectivity index (χ3n) is 5.33. The maximum absolute atomic E-state index is 12.2. The number of hydrogen-bond donors (Lipinski definition) is 2. The van der Waals surface area contributed by atoms with Gasteiger partial charge in [0.2, 0.25) is 0 Å². The summed E-state index contributed by atoms with van der Waals surface area (Å²) >= 11 is 0. The van der Waals surface area contributed by atoms with Crippen molar-refractivity contribution in [1.82, 2.24) is 10.6 Å². The van der Waals surface area contributed by atoms with Crippen LogP contribution >= 0.6 is 24.0 Å². The molecule has 1 aromatic rings. The second kappa shape index (κ2) is 14.0. The second-order valence-electron chi connectivity index (χ2n) is 7.06. The highest BCUT2D eigenvalue weighted by Crippen LogP contribution is 2.34. The molecule has 0 saturated heterocycles. The number of aliphatic imine (C=N–C) groups is 1. The molecule has 0 spiro atoms. The summed E-state index contributed by atoms with van der Waals surface area (Å²) in [6.07, 6.45) is 4.89. The Labute approximate surface area is 200 Å². The first kappa shape index (κ1) is 26.8. The molecule has 1 aromatic carbocycles. The van der Waals surface area contributed by atoms with Crippen molar-refractivity contribution < 1.29 is 18.4 Å². The van der Waals surface area contributed by atoms with E-state index < -0.39 is 10.8 Å². The molecule has 30 heavy (non-hydrogen) atoms. The van der Waals surface area contributed by atoms with Crippen molar-refractivity contribution in [2.45, 2.75) is 50.3 Å². The highest BCUT2D eigenvalue weighted by Gasteiger charge is 2.26. The van der Waals surface area contributed by atoms with Crippen LogP contribution in [0.2, 0.25) is 0 Å². The third-order valence-corrected chi connectivity index (χ3v) is 7.07. The quantitative estimate of drug-likeness (QED) is 0.278. The van der Waals surface area contributed by atoms with E-state index in [1.54, 1.807) is 28.4 Å². The monoisotopic (exact) mass is 553 g/mol. The molecule has 1 saturated carbocycles. The van der Waals surface area contributed by atoms with Crippen molar-refractivity contribution in [2.24, 2.45) is 4.99 Å². The molecule has 0 bridgehead atoms. The van der Waals surface area contributed by atoms with Gasteiger partial charge < -0.3 is 24.8 Å². The number of hydrogen-bond acceptors (Lipinski definition) is 5. The van der Waals surface area contributed by atoms with E-state index in [2.05, 4.69) is 15.6 Å². The molecule has 1 fully saturated rings. The standard InChI is InChI=1S/C21H35N3O4S.HI/c1-6-29(25)17-9-7-8-15(12-17)24-21(22-2)23-11-10-18-19(27-4)13-16(26-3)14-20(18)28-5;/h13-15,17H,6-12H2,1-5H3,(H2,22,23,24);1H. The van der Waals surface area contributed by atoms with Crippen molar-refractivity contribution in [3.05, 3.63) is 17.7 Å². The molecule has 9 heteroatoms. The van der Waals surface area contributed by atoms with Gasteiger partial charge in [-0.2, -0.15) is 0 Å². The highest BCUT2D eigenvalue weighted by molar-refractivity contribution is 14.0. The van der Waals surface area contributed by atoms with Gasteiger partial charge in [0.05, 0.1) is 21.3 Å². The van der Waals surface area contributed by atoms with Crippen LogP contribution in [0.4, 0.5) is 0 Å². The second-order valence-corrected chi connectivity index (χ2v) is 9.06. The minimum absolute atomic E-state index is 0. The molecule has 2 rings (SSSR count). The Morgan fingerprint density at radius 1 is 1.17 bits per heavy atom. The summed E-state index contributed by atoms with van der Waals surface area (Å²) in [7, 11) is 5.95. The summed E-state index contributed by atoms with van der Waals surface area (Å²) in [5, 5.41) is 7.16. The lowest BCUT2D eigenvalue weighted by Crippen LogP contribution is -2.47. The molecule has 0 heterocycles. The molecule has 7 nitrogen and oxygen atoms in total. The van der Waals surface area contributed by atoms with Crippen LogP contribution in [-0.2, 0) is 17.2 Å². The largest absolute Gasteiger partial charge is 0.496 e. The van der Waals surface area contributed by atoms with E-state index in [0.29, 0.717) is 24.8 Å². The van der Waals surface area contributed by atoms with Crippen LogP contribution in [0, 0.1) is 0 Å². The minimum atomic E-state index is -0.730. The van der Waals surface area contributed by atoms with Crippen LogP contribution in [-0.4, -0.2) is 62.1 Å².